The van der Waals surface area contributed by atoms with Gasteiger partial charge in [0.1, 0.15) is 11.5 Å². The summed E-state index contributed by atoms with van der Waals surface area (Å²) in [6.45, 7) is 4.21. The van der Waals surface area contributed by atoms with Crippen molar-refractivity contribution in [3.63, 3.8) is 0 Å². The summed E-state index contributed by atoms with van der Waals surface area (Å²) in [6.07, 6.45) is 4.00. The number of halogens is 1. The van der Waals surface area contributed by atoms with E-state index in [0.717, 1.165) is 36.8 Å². The van der Waals surface area contributed by atoms with E-state index in [9.17, 15) is 14.7 Å². The number of benzene rings is 3. The zero-order valence-electron chi connectivity index (χ0n) is 20.8. The summed E-state index contributed by atoms with van der Waals surface area (Å²) < 4.78 is 5.21. The Morgan fingerprint density at radius 3 is 2.22 bits per heavy atom. The molecule has 4 rings (SSSR count). The minimum atomic E-state index is -0.779. The van der Waals surface area contributed by atoms with E-state index in [0.29, 0.717) is 22.0 Å². The Bertz CT molecular complexity index is 1300. The molecule has 3 aromatic rings. The molecular weight excluding hydrogens is 474 g/mol. The molecule has 1 aliphatic rings. The van der Waals surface area contributed by atoms with Crippen molar-refractivity contribution >= 4 is 34.7 Å². The highest BCUT2D eigenvalue weighted by atomic mass is 35.5. The molecule has 1 heterocycles. The Balaban J connectivity index is 1.85. The number of Topliss-reactive ketones (excluding diaryl/α,β-unsaturated/α-hetero) is 1. The fourth-order valence-corrected chi connectivity index (χ4v) is 4.78. The summed E-state index contributed by atoms with van der Waals surface area (Å²) in [7, 11) is 1.50. The number of ether oxygens (including phenoxy) is 1. The van der Waals surface area contributed by atoms with Crippen molar-refractivity contribution in [3.05, 3.63) is 99.6 Å². The molecule has 1 unspecified atom stereocenters. The SMILES string of the molecule is CCCCc1ccc(N2C(=O)C(=O)/C(=C(\O)c3ccc(OC)c(Cl)c3)C2c2ccc(CC)cc2)cc1. The molecule has 0 spiro atoms. The van der Waals surface area contributed by atoms with Crippen LogP contribution >= 0.6 is 11.6 Å². The largest absolute Gasteiger partial charge is 0.507 e. The highest BCUT2D eigenvalue weighted by Gasteiger charge is 2.47. The lowest BCUT2D eigenvalue weighted by atomic mass is 9.94. The number of hydrogen-bond acceptors (Lipinski definition) is 4. The van der Waals surface area contributed by atoms with Gasteiger partial charge in [-0.05, 0) is 66.3 Å². The molecule has 186 valence electrons. The third-order valence-electron chi connectivity index (χ3n) is 6.61. The zero-order valence-corrected chi connectivity index (χ0v) is 21.5. The van der Waals surface area contributed by atoms with Crippen molar-refractivity contribution < 1.29 is 19.4 Å². The molecule has 1 amide bonds. The number of hydrogen-bond donors (Lipinski definition) is 1. The molecule has 0 aliphatic carbocycles. The van der Waals surface area contributed by atoms with Crippen LogP contribution < -0.4 is 9.64 Å². The number of nitrogens with zero attached hydrogens (tertiary/aromatic N) is 1. The first-order chi connectivity index (χ1) is 17.4. The van der Waals surface area contributed by atoms with Crippen LogP contribution in [0, 0.1) is 0 Å². The molecule has 6 heteroatoms. The van der Waals surface area contributed by atoms with Gasteiger partial charge in [0, 0.05) is 11.3 Å². The second-order valence-corrected chi connectivity index (χ2v) is 9.29. The third kappa shape index (κ3) is 4.89. The van der Waals surface area contributed by atoms with Crippen LogP contribution in [0.1, 0.15) is 55.0 Å². The second kappa shape index (κ2) is 11.0. The monoisotopic (exact) mass is 503 g/mol. The fourth-order valence-electron chi connectivity index (χ4n) is 4.52. The molecule has 1 atom stereocenters. The molecule has 1 N–H and O–H groups in total. The first kappa shape index (κ1) is 25.5. The van der Waals surface area contributed by atoms with Gasteiger partial charge in [0.2, 0.25) is 0 Å². The average Bonchev–Trinajstić information content (AvgIpc) is 3.17. The van der Waals surface area contributed by atoms with Crippen molar-refractivity contribution in [3.8, 4) is 5.75 Å². The minimum Gasteiger partial charge on any atom is -0.507 e. The van der Waals surface area contributed by atoms with Crippen LogP contribution in [0.2, 0.25) is 5.02 Å². The van der Waals surface area contributed by atoms with E-state index >= 15 is 0 Å². The molecule has 3 aromatic carbocycles. The number of aryl methyl sites for hydroxylation is 2. The van der Waals surface area contributed by atoms with Gasteiger partial charge >= 0.3 is 0 Å². The van der Waals surface area contributed by atoms with Gasteiger partial charge in [-0.15, -0.1) is 0 Å². The van der Waals surface area contributed by atoms with Gasteiger partial charge in [-0.25, -0.2) is 0 Å². The number of anilines is 1. The molecule has 1 fully saturated rings. The zero-order chi connectivity index (χ0) is 25.8. The maximum Gasteiger partial charge on any atom is 0.300 e. The number of ketones is 1. The number of carbonyl (C=O) groups excluding carboxylic acids is 2. The number of unbranched alkanes of at least 4 members (excludes halogenated alkanes) is 1. The molecule has 1 saturated heterocycles. The Morgan fingerprint density at radius 2 is 1.64 bits per heavy atom. The van der Waals surface area contributed by atoms with Gasteiger partial charge < -0.3 is 9.84 Å². The normalized spacial score (nSPS) is 17.0. The first-order valence-corrected chi connectivity index (χ1v) is 12.6. The standard InChI is InChI=1S/C30H30ClNO4/c1-4-6-7-20-10-15-23(16-11-20)32-27(21-12-8-19(5-2)9-13-21)26(29(34)30(32)35)28(33)22-14-17-25(36-3)24(31)18-22/h8-18,27,33H,4-7H2,1-3H3/b28-26-. The molecule has 0 saturated carbocycles. The van der Waals surface area contributed by atoms with Gasteiger partial charge in [0.15, 0.2) is 0 Å². The van der Waals surface area contributed by atoms with E-state index < -0.39 is 17.7 Å². The van der Waals surface area contributed by atoms with Crippen LogP contribution in [0.3, 0.4) is 0 Å². The number of amides is 1. The van der Waals surface area contributed by atoms with E-state index in [1.54, 1.807) is 12.1 Å². The van der Waals surface area contributed by atoms with Gasteiger partial charge in [0.05, 0.1) is 23.7 Å². The molecule has 0 aromatic heterocycles. The van der Waals surface area contributed by atoms with Crippen LogP contribution in [0.25, 0.3) is 5.76 Å². The Labute approximate surface area is 217 Å². The first-order valence-electron chi connectivity index (χ1n) is 12.2. The maximum atomic E-state index is 13.4. The Hall–Kier alpha value is -3.57. The van der Waals surface area contributed by atoms with Crippen LogP contribution in [-0.2, 0) is 22.4 Å². The van der Waals surface area contributed by atoms with Crippen LogP contribution in [0.15, 0.2) is 72.3 Å². The van der Waals surface area contributed by atoms with Crippen LogP contribution in [-0.4, -0.2) is 23.9 Å². The van der Waals surface area contributed by atoms with E-state index in [4.69, 9.17) is 16.3 Å². The highest BCUT2D eigenvalue weighted by Crippen LogP contribution is 2.43. The number of rotatable bonds is 8. The van der Waals surface area contributed by atoms with Crippen molar-refractivity contribution in [2.75, 3.05) is 12.0 Å². The summed E-state index contributed by atoms with van der Waals surface area (Å²) in [6, 6.07) is 19.5. The number of aliphatic hydroxyl groups excluding tert-OH is 1. The fraction of sp³-hybridized carbons (Fsp3) is 0.267. The lowest BCUT2D eigenvalue weighted by Crippen LogP contribution is -2.29. The van der Waals surface area contributed by atoms with Gasteiger partial charge in [0.25, 0.3) is 11.7 Å². The highest BCUT2D eigenvalue weighted by molar-refractivity contribution is 6.51. The van der Waals surface area contributed by atoms with E-state index in [1.165, 1.54) is 23.6 Å². The summed E-state index contributed by atoms with van der Waals surface area (Å²) in [5.74, 6) is -1.24. The smallest absolute Gasteiger partial charge is 0.300 e. The van der Waals surface area contributed by atoms with E-state index in [-0.39, 0.29) is 11.3 Å². The van der Waals surface area contributed by atoms with Gasteiger partial charge in [-0.2, -0.15) is 0 Å². The second-order valence-electron chi connectivity index (χ2n) is 8.88. The summed E-state index contributed by atoms with van der Waals surface area (Å²) in [5.41, 5.74) is 4.02. The quantitative estimate of drug-likeness (QED) is 0.207. The number of methoxy groups -OCH3 is 1. The lowest BCUT2D eigenvalue weighted by Gasteiger charge is -2.26. The molecule has 0 radical (unpaired) electrons. The summed E-state index contributed by atoms with van der Waals surface area (Å²) in [5, 5.41) is 11.6. The van der Waals surface area contributed by atoms with Crippen molar-refractivity contribution in [1.29, 1.82) is 0 Å². The van der Waals surface area contributed by atoms with Crippen molar-refractivity contribution in [2.45, 2.75) is 45.6 Å². The van der Waals surface area contributed by atoms with Crippen LogP contribution in [0.5, 0.6) is 5.75 Å². The predicted molar refractivity (Wildman–Crippen MR) is 144 cm³/mol. The minimum absolute atomic E-state index is 0.0283. The topological polar surface area (TPSA) is 66.8 Å². The molecule has 36 heavy (non-hydrogen) atoms. The number of carbonyl (C=O) groups is 2. The molecule has 0 bridgehead atoms. The van der Waals surface area contributed by atoms with Crippen molar-refractivity contribution in [2.24, 2.45) is 0 Å². The summed E-state index contributed by atoms with van der Waals surface area (Å²) >= 11 is 6.29. The lowest BCUT2D eigenvalue weighted by molar-refractivity contribution is -0.132. The molecule has 1 aliphatic heterocycles. The van der Waals surface area contributed by atoms with E-state index in [2.05, 4.69) is 13.8 Å². The van der Waals surface area contributed by atoms with Crippen LogP contribution in [0.4, 0.5) is 5.69 Å². The third-order valence-corrected chi connectivity index (χ3v) is 6.90. The maximum absolute atomic E-state index is 13.4. The Kier molecular flexibility index (Phi) is 7.80. The van der Waals surface area contributed by atoms with E-state index in [1.807, 2.05) is 48.5 Å². The van der Waals surface area contributed by atoms with Gasteiger partial charge in [-0.3, -0.25) is 14.5 Å². The predicted octanol–water partition coefficient (Wildman–Crippen LogP) is 6.88. The van der Waals surface area contributed by atoms with Crippen molar-refractivity contribution in [1.82, 2.24) is 0 Å². The summed E-state index contributed by atoms with van der Waals surface area (Å²) in [4.78, 5) is 28.2. The molecule has 5 nitrogen and oxygen atoms in total. The Morgan fingerprint density at radius 1 is 0.972 bits per heavy atom. The number of aliphatic hydroxyl groups is 1. The molecular formula is C30H30ClNO4. The van der Waals surface area contributed by atoms with Gasteiger partial charge in [-0.1, -0.05) is 68.3 Å². The average molecular weight is 504 g/mol.